The van der Waals surface area contributed by atoms with Crippen LogP contribution < -0.4 is 5.32 Å². The molecule has 2 heteroatoms. The maximum atomic E-state index is 9.28. The van der Waals surface area contributed by atoms with Crippen molar-refractivity contribution < 1.29 is 5.11 Å². The molecule has 0 fully saturated rings. The van der Waals surface area contributed by atoms with Crippen molar-refractivity contribution in [3.05, 3.63) is 12.2 Å². The van der Waals surface area contributed by atoms with Crippen LogP contribution in [0.25, 0.3) is 0 Å². The predicted octanol–water partition coefficient (Wildman–Crippen LogP) is 2.34. The number of aliphatic hydroxyl groups excluding tert-OH is 1. The minimum absolute atomic E-state index is 0.261. The molecule has 88 valence electrons. The summed E-state index contributed by atoms with van der Waals surface area (Å²) in [6.07, 6.45) is 9.40. The number of nitrogens with one attached hydrogen (secondary N) is 1. The van der Waals surface area contributed by atoms with Crippen LogP contribution in [-0.4, -0.2) is 24.3 Å². The van der Waals surface area contributed by atoms with Crippen molar-refractivity contribution in [1.82, 2.24) is 5.32 Å². The first-order valence-corrected chi connectivity index (χ1v) is 6.27. The molecule has 0 aliphatic heterocycles. The Bertz CT molecular complexity index is 191. The molecule has 0 saturated carbocycles. The number of allylic oxidation sites excluding steroid dienone is 2. The Hall–Kier alpha value is -0.340. The van der Waals surface area contributed by atoms with E-state index in [1.165, 1.54) is 19.3 Å². The van der Waals surface area contributed by atoms with Gasteiger partial charge in [-0.2, -0.15) is 0 Å². The predicted molar refractivity (Wildman–Crippen MR) is 64.8 cm³/mol. The van der Waals surface area contributed by atoms with Gasteiger partial charge in [0.25, 0.3) is 0 Å². The molecule has 2 N–H and O–H groups in total. The Morgan fingerprint density at radius 1 is 1.47 bits per heavy atom. The summed E-state index contributed by atoms with van der Waals surface area (Å²) in [5.41, 5.74) is 0. The maximum Gasteiger partial charge on any atom is 0.0587 e. The first-order valence-electron chi connectivity index (χ1n) is 6.27. The molecule has 0 aromatic heterocycles. The maximum absolute atomic E-state index is 9.28. The quantitative estimate of drug-likeness (QED) is 0.661. The van der Waals surface area contributed by atoms with Gasteiger partial charge >= 0.3 is 0 Å². The van der Waals surface area contributed by atoms with Gasteiger partial charge in [0.15, 0.2) is 0 Å². The van der Waals surface area contributed by atoms with Crippen LogP contribution in [0.1, 0.15) is 39.5 Å². The summed E-state index contributed by atoms with van der Waals surface area (Å²) in [6.45, 7) is 5.70. The topological polar surface area (TPSA) is 32.3 Å². The third kappa shape index (κ3) is 4.35. The summed E-state index contributed by atoms with van der Waals surface area (Å²) in [7, 11) is 0. The fourth-order valence-corrected chi connectivity index (χ4v) is 2.09. The smallest absolute Gasteiger partial charge is 0.0587 e. The Morgan fingerprint density at radius 3 is 2.80 bits per heavy atom. The van der Waals surface area contributed by atoms with Gasteiger partial charge in [0.2, 0.25) is 0 Å². The van der Waals surface area contributed by atoms with Gasteiger partial charge in [-0.05, 0) is 37.6 Å². The van der Waals surface area contributed by atoms with Gasteiger partial charge in [-0.1, -0.05) is 32.4 Å². The lowest BCUT2D eigenvalue weighted by Crippen LogP contribution is -2.40. The molecule has 2 nitrogen and oxygen atoms in total. The van der Waals surface area contributed by atoms with Gasteiger partial charge in [-0.25, -0.2) is 0 Å². The standard InChI is InChI=1S/C13H25NO/c1-3-11(2)13(10-15)14-9-12-7-5-4-6-8-12/h4-5,11-15H,3,6-10H2,1-2H3/t11-,12-,13-/m0/s1. The second-order valence-corrected chi connectivity index (χ2v) is 4.73. The monoisotopic (exact) mass is 211 g/mol. The third-order valence-corrected chi connectivity index (χ3v) is 3.57. The molecule has 3 atom stereocenters. The van der Waals surface area contributed by atoms with Crippen molar-refractivity contribution >= 4 is 0 Å². The van der Waals surface area contributed by atoms with Crippen molar-refractivity contribution in [3.8, 4) is 0 Å². The van der Waals surface area contributed by atoms with E-state index in [0.717, 1.165) is 18.9 Å². The van der Waals surface area contributed by atoms with Crippen LogP contribution in [0.5, 0.6) is 0 Å². The molecule has 0 spiro atoms. The lowest BCUT2D eigenvalue weighted by atomic mass is 9.93. The molecule has 1 aliphatic carbocycles. The summed E-state index contributed by atoms with van der Waals surface area (Å²) in [4.78, 5) is 0. The van der Waals surface area contributed by atoms with Crippen LogP contribution in [0, 0.1) is 11.8 Å². The summed E-state index contributed by atoms with van der Waals surface area (Å²) < 4.78 is 0. The highest BCUT2D eigenvalue weighted by Gasteiger charge is 2.16. The molecule has 0 heterocycles. The largest absolute Gasteiger partial charge is 0.395 e. The molecule has 0 aromatic carbocycles. The van der Waals surface area contributed by atoms with Gasteiger partial charge in [-0.15, -0.1) is 0 Å². The van der Waals surface area contributed by atoms with Crippen molar-refractivity contribution in [3.63, 3.8) is 0 Å². The van der Waals surface area contributed by atoms with Gasteiger partial charge in [0, 0.05) is 6.04 Å². The van der Waals surface area contributed by atoms with Crippen LogP contribution in [0.2, 0.25) is 0 Å². The number of hydrogen-bond donors (Lipinski definition) is 2. The third-order valence-electron chi connectivity index (χ3n) is 3.57. The fourth-order valence-electron chi connectivity index (χ4n) is 2.09. The SMILES string of the molecule is CC[C@H](C)[C@H](CO)NC[C@H]1CC=CCC1. The van der Waals surface area contributed by atoms with Gasteiger partial charge < -0.3 is 10.4 Å². The average molecular weight is 211 g/mol. The van der Waals surface area contributed by atoms with Crippen LogP contribution >= 0.6 is 0 Å². The van der Waals surface area contributed by atoms with Crippen LogP contribution in [-0.2, 0) is 0 Å². The highest BCUT2D eigenvalue weighted by Crippen LogP contribution is 2.17. The minimum Gasteiger partial charge on any atom is -0.395 e. The van der Waals surface area contributed by atoms with Crippen molar-refractivity contribution in [1.29, 1.82) is 0 Å². The summed E-state index contributed by atoms with van der Waals surface area (Å²) in [5, 5.41) is 12.8. The summed E-state index contributed by atoms with van der Waals surface area (Å²) in [6, 6.07) is 0.279. The van der Waals surface area contributed by atoms with Gasteiger partial charge in [-0.3, -0.25) is 0 Å². The van der Waals surface area contributed by atoms with Gasteiger partial charge in [0.1, 0.15) is 0 Å². The van der Waals surface area contributed by atoms with E-state index in [4.69, 9.17) is 0 Å². The highest BCUT2D eigenvalue weighted by atomic mass is 16.3. The molecule has 0 saturated heterocycles. The number of aliphatic hydroxyl groups is 1. The Balaban J connectivity index is 2.24. The first-order chi connectivity index (χ1) is 7.27. The van der Waals surface area contributed by atoms with E-state index in [1.54, 1.807) is 0 Å². The summed E-state index contributed by atoms with van der Waals surface area (Å²) in [5.74, 6) is 1.34. The number of hydrogen-bond acceptors (Lipinski definition) is 2. The second kappa shape index (κ2) is 7.02. The zero-order chi connectivity index (χ0) is 11.1. The zero-order valence-electron chi connectivity index (χ0n) is 10.1. The molecular weight excluding hydrogens is 186 g/mol. The average Bonchev–Trinajstić information content (AvgIpc) is 2.31. The normalized spacial score (nSPS) is 25.1. The molecule has 0 unspecified atom stereocenters. The van der Waals surface area contributed by atoms with E-state index < -0.39 is 0 Å². The first kappa shape index (κ1) is 12.7. The molecule has 1 aliphatic rings. The van der Waals surface area contributed by atoms with Crippen molar-refractivity contribution in [2.75, 3.05) is 13.2 Å². The van der Waals surface area contributed by atoms with Crippen LogP contribution in [0.15, 0.2) is 12.2 Å². The fraction of sp³-hybridized carbons (Fsp3) is 0.846. The molecule has 15 heavy (non-hydrogen) atoms. The highest BCUT2D eigenvalue weighted by molar-refractivity contribution is 4.91. The zero-order valence-corrected chi connectivity index (χ0v) is 10.1. The van der Waals surface area contributed by atoms with Crippen molar-refractivity contribution in [2.24, 2.45) is 11.8 Å². The Morgan fingerprint density at radius 2 is 2.27 bits per heavy atom. The molecule has 0 bridgehead atoms. The van der Waals surface area contributed by atoms with Gasteiger partial charge in [0.05, 0.1) is 6.61 Å². The molecular formula is C13H25NO. The van der Waals surface area contributed by atoms with E-state index in [1.807, 2.05) is 0 Å². The number of rotatable bonds is 6. The Kier molecular flexibility index (Phi) is 5.96. The lowest BCUT2D eigenvalue weighted by molar-refractivity contribution is 0.195. The van der Waals surface area contributed by atoms with E-state index in [-0.39, 0.29) is 12.6 Å². The van der Waals surface area contributed by atoms with Crippen LogP contribution in [0.3, 0.4) is 0 Å². The minimum atomic E-state index is 0.261. The second-order valence-electron chi connectivity index (χ2n) is 4.73. The molecule has 0 aromatic rings. The molecule has 0 radical (unpaired) electrons. The summed E-state index contributed by atoms with van der Waals surface area (Å²) >= 11 is 0. The van der Waals surface area contributed by atoms with Crippen molar-refractivity contribution in [2.45, 2.75) is 45.6 Å². The van der Waals surface area contributed by atoms with E-state index in [9.17, 15) is 5.11 Å². The van der Waals surface area contributed by atoms with E-state index >= 15 is 0 Å². The molecule has 0 amide bonds. The Labute approximate surface area is 93.8 Å². The van der Waals surface area contributed by atoms with Crippen LogP contribution in [0.4, 0.5) is 0 Å². The van der Waals surface area contributed by atoms with E-state index in [2.05, 4.69) is 31.3 Å². The molecule has 1 rings (SSSR count). The van der Waals surface area contributed by atoms with E-state index in [0.29, 0.717) is 5.92 Å². The lowest BCUT2D eigenvalue weighted by Gasteiger charge is -2.26.